The lowest BCUT2D eigenvalue weighted by Crippen LogP contribution is -2.43. The van der Waals surface area contributed by atoms with Crippen molar-refractivity contribution in [3.63, 3.8) is 0 Å². The van der Waals surface area contributed by atoms with Gasteiger partial charge in [-0.2, -0.15) is 0 Å². The zero-order valence-corrected chi connectivity index (χ0v) is 17.4. The Balaban J connectivity index is 1.32. The minimum absolute atomic E-state index is 0.147. The summed E-state index contributed by atoms with van der Waals surface area (Å²) < 4.78 is 6.05. The molecule has 1 amide bonds. The number of likely N-dealkylation sites (N-methyl/N-ethyl adjacent to an activating group) is 1. The van der Waals surface area contributed by atoms with E-state index >= 15 is 0 Å². The van der Waals surface area contributed by atoms with Gasteiger partial charge in [0.1, 0.15) is 5.76 Å². The summed E-state index contributed by atoms with van der Waals surface area (Å²) in [5, 5.41) is 0. The quantitative estimate of drug-likeness (QED) is 0.603. The van der Waals surface area contributed by atoms with Crippen LogP contribution in [0.3, 0.4) is 0 Å². The number of hydrogen-bond donors (Lipinski definition) is 0. The summed E-state index contributed by atoms with van der Waals surface area (Å²) in [5.41, 5.74) is 2.17. The van der Waals surface area contributed by atoms with E-state index in [1.165, 1.54) is 5.56 Å². The summed E-state index contributed by atoms with van der Waals surface area (Å²) in [6, 6.07) is 16.1. The van der Waals surface area contributed by atoms with Crippen molar-refractivity contribution in [2.24, 2.45) is 0 Å². The third-order valence-electron chi connectivity index (χ3n) is 5.48. The number of oxazole rings is 1. The molecule has 6 heteroatoms. The molecule has 1 aliphatic rings. The van der Waals surface area contributed by atoms with Crippen LogP contribution in [-0.2, 0) is 17.8 Å². The zero-order valence-electron chi connectivity index (χ0n) is 17.4. The summed E-state index contributed by atoms with van der Waals surface area (Å²) in [7, 11) is 1.96. The second kappa shape index (κ2) is 9.67. The van der Waals surface area contributed by atoms with E-state index in [0.717, 1.165) is 43.2 Å². The monoisotopic (exact) mass is 404 g/mol. The molecule has 4 rings (SSSR count). The van der Waals surface area contributed by atoms with Gasteiger partial charge in [-0.3, -0.25) is 14.7 Å². The lowest BCUT2D eigenvalue weighted by Gasteiger charge is -2.32. The fourth-order valence-corrected chi connectivity index (χ4v) is 3.95. The average Bonchev–Trinajstić information content (AvgIpc) is 3.24. The number of piperidine rings is 1. The maximum absolute atomic E-state index is 12.8. The minimum atomic E-state index is 0.147. The number of carbonyl (C=O) groups is 1. The van der Waals surface area contributed by atoms with Gasteiger partial charge in [0.15, 0.2) is 5.89 Å². The zero-order chi connectivity index (χ0) is 20.8. The molecule has 3 aromatic rings. The van der Waals surface area contributed by atoms with E-state index in [9.17, 15) is 4.79 Å². The van der Waals surface area contributed by atoms with Gasteiger partial charge in [0, 0.05) is 32.3 Å². The van der Waals surface area contributed by atoms with Gasteiger partial charge in [-0.25, -0.2) is 4.98 Å². The smallest absolute Gasteiger partial charge is 0.236 e. The number of pyridine rings is 1. The van der Waals surface area contributed by atoms with Crippen molar-refractivity contribution in [2.45, 2.75) is 31.7 Å². The molecular weight excluding hydrogens is 376 g/mol. The van der Waals surface area contributed by atoms with Crippen LogP contribution in [0, 0.1) is 0 Å². The molecule has 0 N–H and O–H groups in total. The van der Waals surface area contributed by atoms with Gasteiger partial charge < -0.3 is 9.32 Å². The molecule has 0 bridgehead atoms. The van der Waals surface area contributed by atoms with Gasteiger partial charge in [-0.1, -0.05) is 36.4 Å². The Labute approximate surface area is 177 Å². The Morgan fingerprint density at radius 2 is 2.00 bits per heavy atom. The van der Waals surface area contributed by atoms with E-state index in [-0.39, 0.29) is 11.8 Å². The fraction of sp³-hybridized carbons (Fsp3) is 0.375. The molecule has 2 aromatic heterocycles. The van der Waals surface area contributed by atoms with Crippen LogP contribution in [0.15, 0.2) is 65.3 Å². The molecule has 1 saturated heterocycles. The summed E-state index contributed by atoms with van der Waals surface area (Å²) in [6.07, 6.45) is 6.31. The van der Waals surface area contributed by atoms with Crippen LogP contribution in [0.1, 0.15) is 41.7 Å². The van der Waals surface area contributed by atoms with E-state index in [1.807, 2.05) is 59.4 Å². The number of carbonyl (C=O) groups excluding carboxylic acids is 1. The predicted molar refractivity (Wildman–Crippen MR) is 115 cm³/mol. The van der Waals surface area contributed by atoms with Crippen molar-refractivity contribution < 1.29 is 9.21 Å². The number of likely N-dealkylation sites (tertiary alicyclic amines) is 1. The van der Waals surface area contributed by atoms with Crippen molar-refractivity contribution in [2.75, 3.05) is 26.7 Å². The summed E-state index contributed by atoms with van der Waals surface area (Å²) >= 11 is 0. The normalized spacial score (nSPS) is 16.7. The summed E-state index contributed by atoms with van der Waals surface area (Å²) in [6.45, 7) is 2.51. The molecule has 1 fully saturated rings. The molecular formula is C24H28N4O2. The topological polar surface area (TPSA) is 62.5 Å². The molecule has 1 unspecified atom stereocenters. The first kappa shape index (κ1) is 20.3. The number of nitrogens with zero attached hydrogens (tertiary/aromatic N) is 4. The number of hydrogen-bond acceptors (Lipinski definition) is 5. The van der Waals surface area contributed by atoms with E-state index in [1.54, 1.807) is 6.20 Å². The number of rotatable bonds is 7. The highest BCUT2D eigenvalue weighted by atomic mass is 16.4. The van der Waals surface area contributed by atoms with Crippen LogP contribution in [0.25, 0.3) is 0 Å². The second-order valence-corrected chi connectivity index (χ2v) is 8.00. The second-order valence-electron chi connectivity index (χ2n) is 8.00. The molecule has 3 heterocycles. The third-order valence-corrected chi connectivity index (χ3v) is 5.48. The van der Waals surface area contributed by atoms with Gasteiger partial charge >= 0.3 is 0 Å². The van der Waals surface area contributed by atoms with Crippen LogP contribution in [-0.4, -0.2) is 52.4 Å². The standard InChI is InChI=1S/C24H28N4O2/c1-27(17-21-11-5-6-12-25-21)18-23(29)28-13-7-10-20(16-28)24-26-15-22(30-24)14-19-8-3-2-4-9-19/h2-6,8-9,11-12,15,20H,7,10,13-14,16-18H2,1H3. The maximum atomic E-state index is 12.8. The maximum Gasteiger partial charge on any atom is 0.236 e. The predicted octanol–water partition coefficient (Wildman–Crippen LogP) is 3.50. The van der Waals surface area contributed by atoms with E-state index in [4.69, 9.17) is 4.42 Å². The Kier molecular flexibility index (Phi) is 6.54. The van der Waals surface area contributed by atoms with E-state index < -0.39 is 0 Å². The van der Waals surface area contributed by atoms with Crippen LogP contribution < -0.4 is 0 Å². The Morgan fingerprint density at radius 1 is 1.17 bits per heavy atom. The van der Waals surface area contributed by atoms with Gasteiger partial charge in [0.2, 0.25) is 5.91 Å². The number of amides is 1. The van der Waals surface area contributed by atoms with Crippen LogP contribution in [0.2, 0.25) is 0 Å². The van der Waals surface area contributed by atoms with Crippen molar-refractivity contribution in [3.8, 4) is 0 Å². The molecule has 0 spiro atoms. The Hall–Kier alpha value is -2.99. The largest absolute Gasteiger partial charge is 0.445 e. The van der Waals surface area contributed by atoms with Crippen LogP contribution >= 0.6 is 0 Å². The highest BCUT2D eigenvalue weighted by Gasteiger charge is 2.28. The summed E-state index contributed by atoms with van der Waals surface area (Å²) in [4.78, 5) is 25.7. The van der Waals surface area contributed by atoms with Gasteiger partial charge in [0.25, 0.3) is 0 Å². The third kappa shape index (κ3) is 5.33. The van der Waals surface area contributed by atoms with E-state index in [2.05, 4.69) is 22.1 Å². The first-order chi connectivity index (χ1) is 14.7. The first-order valence-corrected chi connectivity index (χ1v) is 10.5. The molecule has 0 radical (unpaired) electrons. The number of aromatic nitrogens is 2. The fourth-order valence-electron chi connectivity index (χ4n) is 3.95. The lowest BCUT2D eigenvalue weighted by molar-refractivity contribution is -0.133. The summed E-state index contributed by atoms with van der Waals surface area (Å²) in [5.74, 6) is 1.93. The first-order valence-electron chi connectivity index (χ1n) is 10.5. The Morgan fingerprint density at radius 3 is 2.80 bits per heavy atom. The molecule has 0 aliphatic carbocycles. The average molecular weight is 405 g/mol. The highest BCUT2D eigenvalue weighted by molar-refractivity contribution is 5.78. The van der Waals surface area contributed by atoms with Crippen LogP contribution in [0.4, 0.5) is 0 Å². The lowest BCUT2D eigenvalue weighted by atomic mass is 9.98. The van der Waals surface area contributed by atoms with Crippen molar-refractivity contribution >= 4 is 5.91 Å². The Bertz CT molecular complexity index is 942. The van der Waals surface area contributed by atoms with Gasteiger partial charge in [0.05, 0.1) is 24.4 Å². The van der Waals surface area contributed by atoms with Crippen molar-refractivity contribution in [1.82, 2.24) is 19.8 Å². The molecule has 156 valence electrons. The number of benzene rings is 1. The molecule has 30 heavy (non-hydrogen) atoms. The van der Waals surface area contributed by atoms with Crippen molar-refractivity contribution in [1.29, 1.82) is 0 Å². The van der Waals surface area contributed by atoms with E-state index in [0.29, 0.717) is 19.6 Å². The molecule has 6 nitrogen and oxygen atoms in total. The highest BCUT2D eigenvalue weighted by Crippen LogP contribution is 2.27. The minimum Gasteiger partial charge on any atom is -0.445 e. The SMILES string of the molecule is CN(CC(=O)N1CCCC(c2ncc(Cc3ccccc3)o2)C1)Cc1ccccn1. The van der Waals surface area contributed by atoms with Gasteiger partial charge in [-0.15, -0.1) is 0 Å². The molecule has 0 saturated carbocycles. The van der Waals surface area contributed by atoms with Gasteiger partial charge in [-0.05, 0) is 37.6 Å². The molecule has 1 atom stereocenters. The van der Waals surface area contributed by atoms with Crippen LogP contribution in [0.5, 0.6) is 0 Å². The van der Waals surface area contributed by atoms with Crippen molar-refractivity contribution in [3.05, 3.63) is 83.8 Å². The molecule has 1 aromatic carbocycles. The molecule has 1 aliphatic heterocycles.